The topological polar surface area (TPSA) is 170 Å². The van der Waals surface area contributed by atoms with Crippen LogP contribution < -0.4 is 0 Å². The van der Waals surface area contributed by atoms with Crippen LogP contribution in [-0.4, -0.2) is 139 Å². The Morgan fingerprint density at radius 3 is 2.11 bits per heavy atom. The molecule has 354 valence electrons. The highest BCUT2D eigenvalue weighted by molar-refractivity contribution is 5.70. The molecule has 0 bridgehead atoms. The standard InChI is InChI=1S/C47H82O14/c1-15-32(48)37-23(2)20-25(4)47(51,59-37)35-21-24(3)41(57-35)46(11)22-34(56-36-17-16-33(52-12)30(9)55-36)42(60-46)45(10)19-18-31-26(5)38(53-13)27(6)40(58-44(31)61-45)28(7)39(54-14)29(8)43(49)50/h23-42,44,48,51H,15-22H2,1-14H3,(H,49,50)/t23-,24-,25-,26-,27+,28-,29-,30+,31?,32+,33-,34+,35+,36-,37-,38-,39+,40-,41+,42+,44+,45-,46-,47-/m0/s1. The van der Waals surface area contributed by atoms with Crippen molar-refractivity contribution < 1.29 is 67.5 Å². The Morgan fingerprint density at radius 2 is 1.51 bits per heavy atom. The molecule has 6 heterocycles. The lowest BCUT2D eigenvalue weighted by atomic mass is 9.74. The molecule has 0 saturated carbocycles. The van der Waals surface area contributed by atoms with E-state index >= 15 is 0 Å². The summed E-state index contributed by atoms with van der Waals surface area (Å²) in [7, 11) is 5.01. The molecule has 0 aromatic heterocycles. The quantitative estimate of drug-likeness (QED) is 0.177. The molecule has 6 rings (SSSR count). The maximum atomic E-state index is 12.3. The number of rotatable bonds is 14. The average molecular weight is 871 g/mol. The smallest absolute Gasteiger partial charge is 0.308 e. The average Bonchev–Trinajstić information content (AvgIpc) is 3.76. The van der Waals surface area contributed by atoms with Crippen molar-refractivity contribution in [2.75, 3.05) is 21.3 Å². The molecule has 6 fully saturated rings. The monoisotopic (exact) mass is 871 g/mol. The zero-order chi connectivity index (χ0) is 44.9. The zero-order valence-corrected chi connectivity index (χ0v) is 39.6. The van der Waals surface area contributed by atoms with Gasteiger partial charge in [0, 0.05) is 57.8 Å². The van der Waals surface area contributed by atoms with E-state index in [0.717, 1.165) is 12.8 Å². The van der Waals surface area contributed by atoms with Gasteiger partial charge in [-0.05, 0) is 84.0 Å². The van der Waals surface area contributed by atoms with Crippen molar-refractivity contribution in [3.8, 4) is 0 Å². The molecule has 0 aliphatic carbocycles. The number of hydrogen-bond donors (Lipinski definition) is 3. The maximum absolute atomic E-state index is 12.3. The molecular formula is C47H82O14. The van der Waals surface area contributed by atoms with Gasteiger partial charge >= 0.3 is 5.97 Å². The summed E-state index contributed by atoms with van der Waals surface area (Å²) in [6.07, 6.45) is -0.400. The molecule has 6 aliphatic rings. The third kappa shape index (κ3) is 9.50. The van der Waals surface area contributed by atoms with E-state index in [0.29, 0.717) is 38.5 Å². The minimum Gasteiger partial charge on any atom is -0.481 e. The van der Waals surface area contributed by atoms with Crippen molar-refractivity contribution in [2.45, 2.75) is 224 Å². The van der Waals surface area contributed by atoms with Crippen LogP contribution in [0.5, 0.6) is 0 Å². The summed E-state index contributed by atoms with van der Waals surface area (Å²) in [5.74, 6) is -3.64. The van der Waals surface area contributed by atoms with Crippen molar-refractivity contribution >= 4 is 5.97 Å². The van der Waals surface area contributed by atoms with E-state index in [1.807, 2.05) is 27.7 Å². The number of hydrogen-bond acceptors (Lipinski definition) is 13. The second-order valence-corrected chi connectivity index (χ2v) is 20.7. The van der Waals surface area contributed by atoms with Gasteiger partial charge < -0.3 is 62.7 Å². The van der Waals surface area contributed by atoms with Gasteiger partial charge in [-0.15, -0.1) is 0 Å². The van der Waals surface area contributed by atoms with Crippen LogP contribution in [0.15, 0.2) is 0 Å². The molecule has 6 saturated heterocycles. The van der Waals surface area contributed by atoms with Crippen molar-refractivity contribution in [1.29, 1.82) is 0 Å². The van der Waals surface area contributed by atoms with Crippen LogP contribution in [0, 0.1) is 47.3 Å². The van der Waals surface area contributed by atoms with E-state index in [2.05, 4.69) is 41.5 Å². The Hall–Kier alpha value is -1.01. The lowest BCUT2D eigenvalue weighted by molar-refractivity contribution is -0.348. The minimum atomic E-state index is -1.57. The molecule has 0 aromatic carbocycles. The van der Waals surface area contributed by atoms with Crippen LogP contribution in [0.25, 0.3) is 0 Å². The maximum Gasteiger partial charge on any atom is 0.308 e. The Kier molecular flexibility index (Phi) is 15.8. The Labute approximate surface area is 365 Å². The third-order valence-corrected chi connectivity index (χ3v) is 16.4. The fourth-order valence-electron chi connectivity index (χ4n) is 12.8. The van der Waals surface area contributed by atoms with Gasteiger partial charge in [0.05, 0.1) is 72.1 Å². The number of aliphatic hydroxyl groups is 2. The number of carbonyl (C=O) groups is 1. The van der Waals surface area contributed by atoms with Crippen LogP contribution in [0.3, 0.4) is 0 Å². The first-order valence-electron chi connectivity index (χ1n) is 23.5. The highest BCUT2D eigenvalue weighted by atomic mass is 16.7. The van der Waals surface area contributed by atoms with Gasteiger partial charge in [0.25, 0.3) is 0 Å². The lowest BCUT2D eigenvalue weighted by Crippen LogP contribution is -2.59. The Morgan fingerprint density at radius 1 is 0.803 bits per heavy atom. The van der Waals surface area contributed by atoms with Gasteiger partial charge in [-0.25, -0.2) is 0 Å². The van der Waals surface area contributed by atoms with Gasteiger partial charge in [-0.3, -0.25) is 4.79 Å². The van der Waals surface area contributed by atoms with Gasteiger partial charge in [0.15, 0.2) is 18.4 Å². The Bertz CT molecular complexity index is 1450. The highest BCUT2D eigenvalue weighted by Gasteiger charge is 2.64. The zero-order valence-electron chi connectivity index (χ0n) is 39.6. The molecule has 61 heavy (non-hydrogen) atoms. The van der Waals surface area contributed by atoms with Crippen LogP contribution in [0.4, 0.5) is 0 Å². The molecular weight excluding hydrogens is 789 g/mol. The van der Waals surface area contributed by atoms with E-state index < -0.39 is 90.3 Å². The summed E-state index contributed by atoms with van der Waals surface area (Å²) < 4.78 is 66.4. The van der Waals surface area contributed by atoms with Crippen LogP contribution in [0.2, 0.25) is 0 Å². The molecule has 14 nitrogen and oxygen atoms in total. The van der Waals surface area contributed by atoms with Crippen LogP contribution >= 0.6 is 0 Å². The van der Waals surface area contributed by atoms with E-state index in [1.165, 1.54) is 0 Å². The number of aliphatic hydroxyl groups excluding tert-OH is 1. The van der Waals surface area contributed by atoms with Gasteiger partial charge in [0.2, 0.25) is 0 Å². The Balaban J connectivity index is 1.29. The van der Waals surface area contributed by atoms with Crippen molar-refractivity contribution in [1.82, 2.24) is 0 Å². The van der Waals surface area contributed by atoms with Gasteiger partial charge in [0.1, 0.15) is 12.2 Å². The second kappa shape index (κ2) is 19.5. The van der Waals surface area contributed by atoms with E-state index in [1.54, 1.807) is 28.3 Å². The van der Waals surface area contributed by atoms with E-state index in [-0.39, 0.29) is 59.7 Å². The third-order valence-electron chi connectivity index (χ3n) is 16.4. The number of ether oxygens (including phenoxy) is 10. The predicted octanol–water partition coefficient (Wildman–Crippen LogP) is 6.34. The fraction of sp³-hybridized carbons (Fsp3) is 0.979. The van der Waals surface area contributed by atoms with Crippen LogP contribution in [0.1, 0.15) is 128 Å². The molecule has 24 atom stereocenters. The summed E-state index contributed by atoms with van der Waals surface area (Å²) >= 11 is 0. The van der Waals surface area contributed by atoms with E-state index in [4.69, 9.17) is 47.4 Å². The second-order valence-electron chi connectivity index (χ2n) is 20.7. The number of methoxy groups -OCH3 is 3. The summed E-state index contributed by atoms with van der Waals surface area (Å²) in [5, 5.41) is 33.2. The molecule has 0 amide bonds. The van der Waals surface area contributed by atoms with Crippen molar-refractivity contribution in [2.24, 2.45) is 47.3 Å². The first kappa shape index (κ1) is 49.4. The number of carboxylic acids is 1. The molecule has 0 radical (unpaired) electrons. The highest BCUT2D eigenvalue weighted by Crippen LogP contribution is 2.54. The SMILES string of the molecule is CC[C@@H](O)[C@H]1O[C@](O)([C@H]2C[C@H](C)[C@H]([C@]3(C)C[C@@H](O[C@H]4CC[C@H](OC)[C@@H](C)O4)[C@H]([C@]4(C)CCC5[C@H](O[C@H]([C@@H](C)[C@@H](OC)[C@H](C)C(=O)O)[C@H](C)[C@@H](OC)[C@H]5C)O4)O3)O2)[C@@H](C)C[C@@H]1C. The number of carboxylic acid groups (broad SMARTS) is 1. The largest absolute Gasteiger partial charge is 0.481 e. The number of fused-ring (bicyclic) bond motifs is 1. The summed E-state index contributed by atoms with van der Waals surface area (Å²) in [6.45, 7) is 22.4. The molecule has 14 heteroatoms. The lowest BCUT2D eigenvalue weighted by Gasteiger charge is -2.49. The summed E-state index contributed by atoms with van der Waals surface area (Å²) in [6, 6.07) is 0. The molecule has 6 aliphatic heterocycles. The molecule has 3 N–H and O–H groups in total. The van der Waals surface area contributed by atoms with Crippen molar-refractivity contribution in [3.63, 3.8) is 0 Å². The summed E-state index contributed by atoms with van der Waals surface area (Å²) in [5.41, 5.74) is -1.70. The molecule has 0 spiro atoms. The first-order valence-corrected chi connectivity index (χ1v) is 23.5. The predicted molar refractivity (Wildman–Crippen MR) is 225 cm³/mol. The van der Waals surface area contributed by atoms with Gasteiger partial charge in [-0.2, -0.15) is 0 Å². The van der Waals surface area contributed by atoms with E-state index in [9.17, 15) is 20.1 Å². The van der Waals surface area contributed by atoms with Gasteiger partial charge in [-0.1, -0.05) is 48.5 Å². The van der Waals surface area contributed by atoms with Crippen LogP contribution in [-0.2, 0) is 52.2 Å². The van der Waals surface area contributed by atoms with Crippen molar-refractivity contribution in [3.05, 3.63) is 0 Å². The number of aliphatic carboxylic acids is 1. The molecule has 1 unspecified atom stereocenters. The normalized spacial score (nSPS) is 50.3. The fourth-order valence-corrected chi connectivity index (χ4v) is 12.8. The minimum absolute atomic E-state index is 0.00340. The first-order chi connectivity index (χ1) is 28.7. The summed E-state index contributed by atoms with van der Waals surface area (Å²) in [4.78, 5) is 12.2. The molecule has 0 aromatic rings.